The summed E-state index contributed by atoms with van der Waals surface area (Å²) in [6, 6.07) is 17.8. The van der Waals surface area contributed by atoms with Crippen molar-refractivity contribution in [1.29, 1.82) is 0 Å². The number of hydrogen-bond acceptors (Lipinski definition) is 6. The smallest absolute Gasteiger partial charge is 0.264 e. The third kappa shape index (κ3) is 7.88. The van der Waals surface area contributed by atoms with Crippen LogP contribution in [-0.4, -0.2) is 58.0 Å². The molecule has 0 heterocycles. The molecule has 1 saturated carbocycles. The summed E-state index contributed by atoms with van der Waals surface area (Å²) >= 11 is 3.37. The lowest BCUT2D eigenvalue weighted by molar-refractivity contribution is -0.139. The Morgan fingerprint density at radius 2 is 1.70 bits per heavy atom. The number of methoxy groups -OCH3 is 2. The van der Waals surface area contributed by atoms with Gasteiger partial charge in [0, 0.05) is 12.6 Å². The van der Waals surface area contributed by atoms with Gasteiger partial charge in [0.25, 0.3) is 10.0 Å². The molecule has 0 saturated heterocycles. The van der Waals surface area contributed by atoms with Crippen LogP contribution in [0, 0.1) is 6.92 Å². The molecule has 1 aliphatic carbocycles. The van der Waals surface area contributed by atoms with Gasteiger partial charge in [-0.1, -0.05) is 42.7 Å². The number of nitrogens with one attached hydrogen (secondary N) is 1. The molecular weight excluding hydrogens is 634 g/mol. The summed E-state index contributed by atoms with van der Waals surface area (Å²) in [6.07, 6.45) is 3.91. The van der Waals surface area contributed by atoms with E-state index in [1.165, 1.54) is 24.1 Å². The van der Waals surface area contributed by atoms with E-state index in [4.69, 9.17) is 9.47 Å². The minimum atomic E-state index is -4.21. The van der Waals surface area contributed by atoms with Gasteiger partial charge < -0.3 is 19.7 Å². The third-order valence-corrected chi connectivity index (χ3v) is 10.1. The van der Waals surface area contributed by atoms with Crippen molar-refractivity contribution in [3.05, 3.63) is 82.3 Å². The molecular formula is C32H38BrN3O6S. The van der Waals surface area contributed by atoms with Crippen molar-refractivity contribution >= 4 is 43.5 Å². The van der Waals surface area contributed by atoms with E-state index >= 15 is 0 Å². The van der Waals surface area contributed by atoms with E-state index in [2.05, 4.69) is 21.2 Å². The van der Waals surface area contributed by atoms with Gasteiger partial charge in [0.1, 0.15) is 24.1 Å². The number of ether oxygens (including phenoxy) is 2. The van der Waals surface area contributed by atoms with Crippen LogP contribution >= 0.6 is 15.9 Å². The van der Waals surface area contributed by atoms with Crippen molar-refractivity contribution in [1.82, 2.24) is 10.2 Å². The zero-order valence-corrected chi connectivity index (χ0v) is 27.3. The predicted molar refractivity (Wildman–Crippen MR) is 170 cm³/mol. The Bertz CT molecular complexity index is 1540. The maximum Gasteiger partial charge on any atom is 0.264 e. The maximum atomic E-state index is 14.2. The summed E-state index contributed by atoms with van der Waals surface area (Å²) in [5.74, 6) is 0.297. The second-order valence-corrected chi connectivity index (χ2v) is 13.4. The van der Waals surface area contributed by atoms with Gasteiger partial charge in [0.15, 0.2) is 0 Å². The van der Waals surface area contributed by atoms with E-state index in [0.717, 1.165) is 41.1 Å². The highest BCUT2D eigenvalue weighted by Gasteiger charge is 2.33. The van der Waals surface area contributed by atoms with Crippen LogP contribution in [0.2, 0.25) is 0 Å². The normalized spacial score (nSPS) is 14.2. The van der Waals surface area contributed by atoms with Gasteiger partial charge in [0.05, 0.1) is 29.3 Å². The first-order valence-electron chi connectivity index (χ1n) is 14.2. The van der Waals surface area contributed by atoms with Crippen molar-refractivity contribution in [2.75, 3.05) is 25.1 Å². The first-order valence-corrected chi connectivity index (χ1v) is 16.4. The monoisotopic (exact) mass is 671 g/mol. The first-order chi connectivity index (χ1) is 20.5. The van der Waals surface area contributed by atoms with Gasteiger partial charge in [-0.2, -0.15) is 0 Å². The molecule has 4 rings (SSSR count). The zero-order chi connectivity index (χ0) is 31.1. The number of anilines is 1. The van der Waals surface area contributed by atoms with E-state index in [9.17, 15) is 18.0 Å². The number of sulfonamides is 1. The number of rotatable bonds is 12. The average molecular weight is 673 g/mol. The predicted octanol–water partition coefficient (Wildman–Crippen LogP) is 5.45. The van der Waals surface area contributed by atoms with Crippen LogP contribution in [0.4, 0.5) is 5.69 Å². The van der Waals surface area contributed by atoms with Crippen molar-refractivity contribution < 1.29 is 27.5 Å². The molecule has 0 unspecified atom stereocenters. The molecule has 0 spiro atoms. The zero-order valence-electron chi connectivity index (χ0n) is 24.9. The standard InChI is InChI=1S/C32H38BrN3O6S/c1-22-12-14-26(15-13-22)36(43(39,40)28-16-17-30(42-4)29(33)19-28)21-31(37)35(20-24-8-7-11-27(18-24)41-3)23(2)32(38)34-25-9-5-6-10-25/h7-8,11-19,23,25H,5-6,9-10,20-21H2,1-4H3,(H,34,38)/t23-/m1/s1. The topological polar surface area (TPSA) is 105 Å². The number of hydrogen-bond donors (Lipinski definition) is 1. The molecule has 43 heavy (non-hydrogen) atoms. The molecule has 3 aromatic rings. The van der Waals surface area contributed by atoms with Crippen molar-refractivity contribution in [3.8, 4) is 11.5 Å². The fourth-order valence-corrected chi connectivity index (χ4v) is 7.25. The summed E-state index contributed by atoms with van der Waals surface area (Å²) in [5, 5.41) is 3.08. The van der Waals surface area contributed by atoms with Gasteiger partial charge >= 0.3 is 0 Å². The van der Waals surface area contributed by atoms with Crippen LogP contribution in [0.15, 0.2) is 76.1 Å². The number of aryl methyl sites for hydroxylation is 1. The summed E-state index contributed by atoms with van der Waals surface area (Å²) < 4.78 is 40.4. The first kappa shape index (κ1) is 32.3. The quantitative estimate of drug-likeness (QED) is 0.275. The molecule has 2 amide bonds. The SMILES string of the molecule is COc1cccc(CN(C(=O)CN(c2ccc(C)cc2)S(=O)(=O)c2ccc(OC)c(Br)c2)[C@H](C)C(=O)NC2CCCC2)c1. The summed E-state index contributed by atoms with van der Waals surface area (Å²) in [7, 11) is -1.16. The lowest BCUT2D eigenvalue weighted by Gasteiger charge is -2.32. The highest BCUT2D eigenvalue weighted by molar-refractivity contribution is 9.10. The largest absolute Gasteiger partial charge is 0.497 e. The maximum absolute atomic E-state index is 14.2. The van der Waals surface area contributed by atoms with Gasteiger partial charge in [0.2, 0.25) is 11.8 Å². The van der Waals surface area contributed by atoms with E-state index in [1.54, 1.807) is 56.5 Å². The summed E-state index contributed by atoms with van der Waals surface area (Å²) in [4.78, 5) is 29.0. The number of carbonyl (C=O) groups is 2. The molecule has 0 bridgehead atoms. The molecule has 0 radical (unpaired) electrons. The van der Waals surface area contributed by atoms with Crippen molar-refractivity contribution in [3.63, 3.8) is 0 Å². The average Bonchev–Trinajstić information content (AvgIpc) is 3.51. The highest BCUT2D eigenvalue weighted by atomic mass is 79.9. The fraction of sp³-hybridized carbons (Fsp3) is 0.375. The van der Waals surface area contributed by atoms with Gasteiger partial charge in [-0.25, -0.2) is 8.42 Å². The molecule has 1 N–H and O–H groups in total. The Morgan fingerprint density at radius 3 is 2.33 bits per heavy atom. The Hall–Kier alpha value is -3.57. The van der Waals surface area contributed by atoms with E-state index in [1.807, 2.05) is 19.1 Å². The molecule has 230 valence electrons. The molecule has 0 aliphatic heterocycles. The lowest BCUT2D eigenvalue weighted by atomic mass is 10.1. The number of halogens is 1. The van der Waals surface area contributed by atoms with Gasteiger partial charge in [-0.15, -0.1) is 0 Å². The Morgan fingerprint density at radius 1 is 1.00 bits per heavy atom. The minimum absolute atomic E-state index is 0.0140. The van der Waals surface area contributed by atoms with E-state index in [-0.39, 0.29) is 23.4 Å². The van der Waals surface area contributed by atoms with Crippen LogP contribution in [0.25, 0.3) is 0 Å². The third-order valence-electron chi connectivity index (χ3n) is 7.67. The minimum Gasteiger partial charge on any atom is -0.497 e. The van der Waals surface area contributed by atoms with Crippen LogP contribution in [0.1, 0.15) is 43.7 Å². The molecule has 1 aliphatic rings. The van der Waals surface area contributed by atoms with Crippen LogP contribution in [0.5, 0.6) is 11.5 Å². The van der Waals surface area contributed by atoms with Crippen LogP contribution < -0.4 is 19.1 Å². The number of benzene rings is 3. The summed E-state index contributed by atoms with van der Waals surface area (Å²) in [6.45, 7) is 3.15. The van der Waals surface area contributed by atoms with Crippen LogP contribution in [0.3, 0.4) is 0 Å². The van der Waals surface area contributed by atoms with Gasteiger partial charge in [-0.05, 0) is 90.6 Å². The van der Waals surface area contributed by atoms with Crippen molar-refractivity contribution in [2.24, 2.45) is 0 Å². The van der Waals surface area contributed by atoms with Crippen molar-refractivity contribution in [2.45, 2.75) is 63.1 Å². The van der Waals surface area contributed by atoms with E-state index < -0.39 is 28.5 Å². The summed E-state index contributed by atoms with van der Waals surface area (Å²) in [5.41, 5.74) is 2.02. The highest BCUT2D eigenvalue weighted by Crippen LogP contribution is 2.31. The molecule has 1 fully saturated rings. The molecule has 3 aromatic carbocycles. The lowest BCUT2D eigenvalue weighted by Crippen LogP contribution is -2.52. The Kier molecular flexibility index (Phi) is 10.7. The fourth-order valence-electron chi connectivity index (χ4n) is 5.12. The van der Waals surface area contributed by atoms with E-state index in [0.29, 0.717) is 21.7 Å². The molecule has 1 atom stereocenters. The molecule has 11 heteroatoms. The number of amides is 2. The number of nitrogens with zero attached hydrogens (tertiary/aromatic N) is 2. The number of carbonyl (C=O) groups excluding carboxylic acids is 2. The van der Waals surface area contributed by atoms with Crippen LogP contribution in [-0.2, 0) is 26.2 Å². The van der Waals surface area contributed by atoms with Gasteiger partial charge in [-0.3, -0.25) is 13.9 Å². The molecule has 0 aromatic heterocycles. The second kappa shape index (κ2) is 14.3. The Labute approximate surface area is 262 Å². The molecule has 9 nitrogen and oxygen atoms in total. The second-order valence-electron chi connectivity index (χ2n) is 10.7. The Balaban J connectivity index is 1.71.